The zero-order valence-electron chi connectivity index (χ0n) is 17.3. The molecule has 0 spiro atoms. The van der Waals surface area contributed by atoms with Crippen LogP contribution in [0.25, 0.3) is 10.8 Å². The van der Waals surface area contributed by atoms with Crippen molar-refractivity contribution < 1.29 is 24.2 Å². The molecule has 0 saturated carbocycles. The lowest BCUT2D eigenvalue weighted by atomic mass is 9.96. The highest BCUT2D eigenvalue weighted by molar-refractivity contribution is 6.18. The van der Waals surface area contributed by atoms with E-state index in [1.807, 2.05) is 24.3 Å². The highest BCUT2D eigenvalue weighted by atomic mass is 16.6. The lowest BCUT2D eigenvalue weighted by molar-refractivity contribution is 0.0520. The third kappa shape index (κ3) is 5.29. The van der Waals surface area contributed by atoms with Crippen LogP contribution in [0.2, 0.25) is 0 Å². The first-order chi connectivity index (χ1) is 14.2. The Morgan fingerprint density at radius 1 is 1.00 bits per heavy atom. The first-order valence-electron chi connectivity index (χ1n) is 9.70. The summed E-state index contributed by atoms with van der Waals surface area (Å²) in [6, 6.07) is 17.5. The number of benzene rings is 3. The number of nitrogens with one attached hydrogen (secondary N) is 1. The molecule has 156 valence electrons. The van der Waals surface area contributed by atoms with Crippen LogP contribution in [0.1, 0.15) is 36.7 Å². The Hall–Kier alpha value is -3.54. The molecule has 6 heteroatoms. The Bertz CT molecular complexity index is 1070. The maximum atomic E-state index is 13.1. The summed E-state index contributed by atoms with van der Waals surface area (Å²) in [7, 11) is 0. The zero-order chi connectivity index (χ0) is 21.7. The van der Waals surface area contributed by atoms with Crippen LogP contribution in [-0.2, 0) is 4.74 Å². The molecule has 30 heavy (non-hydrogen) atoms. The number of phenolic OH excluding ortho intramolecular Hbond substituents is 1. The van der Waals surface area contributed by atoms with Crippen molar-refractivity contribution in [2.75, 3.05) is 13.2 Å². The number of amides is 1. The van der Waals surface area contributed by atoms with Crippen LogP contribution >= 0.6 is 0 Å². The molecule has 0 aromatic heterocycles. The van der Waals surface area contributed by atoms with Crippen molar-refractivity contribution >= 4 is 22.6 Å². The van der Waals surface area contributed by atoms with Gasteiger partial charge in [0.15, 0.2) is 5.78 Å². The molecule has 0 fully saturated rings. The van der Waals surface area contributed by atoms with E-state index in [9.17, 15) is 14.7 Å². The van der Waals surface area contributed by atoms with Gasteiger partial charge in [-0.15, -0.1) is 0 Å². The van der Waals surface area contributed by atoms with Gasteiger partial charge in [0, 0.05) is 5.56 Å². The average molecular weight is 407 g/mol. The predicted octanol–water partition coefficient (Wildman–Crippen LogP) is 4.68. The van der Waals surface area contributed by atoms with E-state index in [1.165, 1.54) is 6.07 Å². The topological polar surface area (TPSA) is 84.9 Å². The minimum atomic E-state index is -0.563. The van der Waals surface area contributed by atoms with Crippen molar-refractivity contribution in [2.45, 2.75) is 26.4 Å². The molecule has 3 aromatic carbocycles. The molecule has 0 atom stereocenters. The number of fused-ring (bicyclic) bond motifs is 1. The van der Waals surface area contributed by atoms with Crippen molar-refractivity contribution in [1.82, 2.24) is 5.32 Å². The number of rotatable bonds is 6. The third-order valence-corrected chi connectivity index (χ3v) is 4.27. The van der Waals surface area contributed by atoms with Crippen molar-refractivity contribution in [1.29, 1.82) is 0 Å². The van der Waals surface area contributed by atoms with E-state index < -0.39 is 11.7 Å². The number of alkyl carbamates (subject to hydrolysis) is 1. The number of aromatic hydroxyl groups is 1. The summed E-state index contributed by atoms with van der Waals surface area (Å²) in [6.45, 7) is 5.85. The molecule has 0 bridgehead atoms. The van der Waals surface area contributed by atoms with Crippen LogP contribution in [0.4, 0.5) is 4.79 Å². The Balaban J connectivity index is 1.68. The van der Waals surface area contributed by atoms with E-state index in [1.54, 1.807) is 51.1 Å². The van der Waals surface area contributed by atoms with E-state index in [2.05, 4.69) is 5.32 Å². The highest BCUT2D eigenvalue weighted by Gasteiger charge is 2.18. The van der Waals surface area contributed by atoms with Gasteiger partial charge in [-0.25, -0.2) is 4.79 Å². The molecule has 0 radical (unpaired) electrons. The molecular weight excluding hydrogens is 382 g/mol. The van der Waals surface area contributed by atoms with Gasteiger partial charge >= 0.3 is 6.09 Å². The summed E-state index contributed by atoms with van der Waals surface area (Å²) < 4.78 is 10.8. The summed E-state index contributed by atoms with van der Waals surface area (Å²) in [5.41, 5.74) is 0.100. The number of ketones is 1. The van der Waals surface area contributed by atoms with Crippen LogP contribution in [0.5, 0.6) is 11.5 Å². The summed E-state index contributed by atoms with van der Waals surface area (Å²) in [6.07, 6.45) is -0.513. The van der Waals surface area contributed by atoms with Crippen LogP contribution < -0.4 is 10.1 Å². The average Bonchev–Trinajstić information content (AvgIpc) is 2.69. The molecule has 0 unspecified atom stereocenters. The fourth-order valence-electron chi connectivity index (χ4n) is 3.01. The molecule has 1 amide bonds. The second-order valence-electron chi connectivity index (χ2n) is 7.81. The van der Waals surface area contributed by atoms with E-state index in [0.29, 0.717) is 16.7 Å². The van der Waals surface area contributed by atoms with Gasteiger partial charge in [0.05, 0.1) is 12.1 Å². The highest BCUT2D eigenvalue weighted by Crippen LogP contribution is 2.30. The van der Waals surface area contributed by atoms with Crippen LogP contribution in [-0.4, -0.2) is 35.7 Å². The number of carbonyl (C=O) groups excluding carboxylic acids is 2. The third-order valence-electron chi connectivity index (χ3n) is 4.27. The minimum Gasteiger partial charge on any atom is -0.507 e. The molecule has 0 aliphatic rings. The van der Waals surface area contributed by atoms with E-state index >= 15 is 0 Å². The molecule has 3 aromatic rings. The fraction of sp³-hybridized carbons (Fsp3) is 0.250. The van der Waals surface area contributed by atoms with Gasteiger partial charge in [-0.1, -0.05) is 42.5 Å². The summed E-state index contributed by atoms with van der Waals surface area (Å²) in [4.78, 5) is 24.7. The van der Waals surface area contributed by atoms with Gasteiger partial charge in [-0.3, -0.25) is 4.79 Å². The summed E-state index contributed by atoms with van der Waals surface area (Å²) >= 11 is 0. The van der Waals surface area contributed by atoms with Gasteiger partial charge in [-0.2, -0.15) is 0 Å². The second kappa shape index (κ2) is 8.86. The SMILES string of the molecule is CC(C)(C)OC(=O)NCCOc1cccc(C(=O)c2c(O)ccc3ccccc23)c1. The fourth-order valence-corrected chi connectivity index (χ4v) is 3.01. The Morgan fingerprint density at radius 2 is 1.77 bits per heavy atom. The van der Waals surface area contributed by atoms with Gasteiger partial charge in [0.1, 0.15) is 23.7 Å². The van der Waals surface area contributed by atoms with Crippen LogP contribution in [0.15, 0.2) is 60.7 Å². The maximum Gasteiger partial charge on any atom is 0.407 e. The molecular formula is C24H25NO5. The summed E-state index contributed by atoms with van der Waals surface area (Å²) in [5.74, 6) is 0.139. The molecule has 0 saturated heterocycles. The number of ether oxygens (including phenoxy) is 2. The molecule has 2 N–H and O–H groups in total. The lowest BCUT2D eigenvalue weighted by Gasteiger charge is -2.19. The smallest absolute Gasteiger partial charge is 0.407 e. The molecule has 0 aliphatic carbocycles. The normalized spacial score (nSPS) is 11.2. The van der Waals surface area contributed by atoms with E-state index in [-0.39, 0.29) is 30.2 Å². The predicted molar refractivity (Wildman–Crippen MR) is 115 cm³/mol. The van der Waals surface area contributed by atoms with Crippen molar-refractivity contribution in [2.24, 2.45) is 0 Å². The van der Waals surface area contributed by atoms with Crippen molar-refractivity contribution in [3.8, 4) is 11.5 Å². The molecule has 3 rings (SSSR count). The monoisotopic (exact) mass is 407 g/mol. The number of hydrogen-bond acceptors (Lipinski definition) is 5. The number of carbonyl (C=O) groups is 2. The second-order valence-corrected chi connectivity index (χ2v) is 7.81. The molecule has 0 aliphatic heterocycles. The van der Waals surface area contributed by atoms with Gasteiger partial charge in [0.25, 0.3) is 0 Å². The number of hydrogen-bond donors (Lipinski definition) is 2. The van der Waals surface area contributed by atoms with Gasteiger partial charge in [-0.05, 0) is 49.7 Å². The molecule has 6 nitrogen and oxygen atoms in total. The first kappa shape index (κ1) is 21.2. The summed E-state index contributed by atoms with van der Waals surface area (Å²) in [5, 5.41) is 14.5. The van der Waals surface area contributed by atoms with Gasteiger partial charge in [0.2, 0.25) is 0 Å². The largest absolute Gasteiger partial charge is 0.507 e. The van der Waals surface area contributed by atoms with E-state index in [0.717, 1.165) is 5.39 Å². The minimum absolute atomic E-state index is 0.0633. The van der Waals surface area contributed by atoms with Crippen LogP contribution in [0, 0.1) is 0 Å². The van der Waals surface area contributed by atoms with Crippen molar-refractivity contribution in [3.63, 3.8) is 0 Å². The van der Waals surface area contributed by atoms with Crippen LogP contribution in [0.3, 0.4) is 0 Å². The lowest BCUT2D eigenvalue weighted by Crippen LogP contribution is -2.34. The first-order valence-corrected chi connectivity index (χ1v) is 9.70. The standard InChI is InChI=1S/C24H25NO5/c1-24(2,3)30-23(28)25-13-14-29-18-9-6-8-17(15-18)22(27)21-19-10-5-4-7-16(19)11-12-20(21)26/h4-12,15,26H,13-14H2,1-3H3,(H,25,28). The maximum absolute atomic E-state index is 13.1. The zero-order valence-corrected chi connectivity index (χ0v) is 17.3. The quantitative estimate of drug-likeness (QED) is 0.458. The van der Waals surface area contributed by atoms with Crippen molar-refractivity contribution in [3.05, 3.63) is 71.8 Å². The van der Waals surface area contributed by atoms with E-state index in [4.69, 9.17) is 9.47 Å². The molecule has 0 heterocycles. The Morgan fingerprint density at radius 3 is 2.53 bits per heavy atom. The Kier molecular flexibility index (Phi) is 6.26. The Labute approximate surface area is 175 Å². The van der Waals surface area contributed by atoms with Gasteiger partial charge < -0.3 is 19.9 Å². The number of phenols is 1.